The molecular formula is C33H40F2N6O2. The van der Waals surface area contributed by atoms with Crippen LogP contribution in [0.5, 0.6) is 0 Å². The zero-order chi connectivity index (χ0) is 30.1. The normalized spacial score (nSPS) is 23.2. The molecule has 1 aromatic heterocycles. The number of amides is 1. The van der Waals surface area contributed by atoms with Crippen LogP contribution >= 0.6 is 0 Å². The summed E-state index contributed by atoms with van der Waals surface area (Å²) in [6.07, 6.45) is 0.856. The van der Waals surface area contributed by atoms with Crippen molar-refractivity contribution < 1.29 is 18.3 Å². The van der Waals surface area contributed by atoms with Gasteiger partial charge in [0.15, 0.2) is 0 Å². The lowest BCUT2D eigenvalue weighted by Gasteiger charge is -2.59. The van der Waals surface area contributed by atoms with Gasteiger partial charge < -0.3 is 19.1 Å². The number of aromatic nitrogens is 3. The van der Waals surface area contributed by atoms with Crippen LogP contribution in [0.3, 0.4) is 0 Å². The number of alkyl halides is 2. The van der Waals surface area contributed by atoms with E-state index in [1.165, 1.54) is 0 Å². The molecule has 4 heterocycles. The maximum Gasteiger partial charge on any atom is 0.264 e. The second-order valence-corrected chi connectivity index (χ2v) is 13.7. The lowest BCUT2D eigenvalue weighted by molar-refractivity contribution is -0.182. The minimum absolute atomic E-state index is 0.0313. The van der Waals surface area contributed by atoms with E-state index in [0.717, 1.165) is 62.6 Å². The molecule has 3 aromatic rings. The monoisotopic (exact) mass is 590 g/mol. The largest absolute Gasteiger partial charge is 0.380 e. The first-order chi connectivity index (χ1) is 20.6. The Morgan fingerprint density at radius 3 is 2.53 bits per heavy atom. The predicted molar refractivity (Wildman–Crippen MR) is 159 cm³/mol. The Morgan fingerprint density at radius 1 is 1.09 bits per heavy atom. The highest BCUT2D eigenvalue weighted by molar-refractivity contribution is 6.10. The average molecular weight is 591 g/mol. The molecular weight excluding hydrogens is 550 g/mol. The third-order valence-corrected chi connectivity index (χ3v) is 10.3. The molecule has 1 atom stereocenters. The standard InChI is InChI=1S/C33H40F2N6O2/c1-21(2)28-15-38(3)8-9-40(28)13-22-10-25(29(34)35)27-14-41(30(42)26(27)11-22)24-7-5-6-23(12-24)33(31-37-36-20-39(31)4)16-32(17-33)18-43-19-32/h5-7,10-12,20-21,28-29H,8-9,13-19H2,1-4H3/t28-/m1/s1. The average Bonchev–Trinajstić information content (AvgIpc) is 3.51. The summed E-state index contributed by atoms with van der Waals surface area (Å²) in [5, 5.41) is 8.66. The van der Waals surface area contributed by atoms with E-state index in [-0.39, 0.29) is 28.8 Å². The highest BCUT2D eigenvalue weighted by Gasteiger charge is 2.61. The molecule has 0 bridgehead atoms. The molecule has 4 aliphatic rings. The molecule has 1 amide bonds. The Hall–Kier alpha value is -3.21. The van der Waals surface area contributed by atoms with Crippen molar-refractivity contribution in [3.8, 4) is 0 Å². The van der Waals surface area contributed by atoms with Crippen molar-refractivity contribution in [3.63, 3.8) is 0 Å². The van der Waals surface area contributed by atoms with Gasteiger partial charge in [0.05, 0.1) is 25.2 Å². The van der Waals surface area contributed by atoms with Crippen LogP contribution in [0.15, 0.2) is 42.7 Å². The minimum Gasteiger partial charge on any atom is -0.380 e. The highest BCUT2D eigenvalue weighted by Crippen LogP contribution is 2.61. The fourth-order valence-electron chi connectivity index (χ4n) is 8.05. The van der Waals surface area contributed by atoms with Crippen molar-refractivity contribution >= 4 is 11.6 Å². The van der Waals surface area contributed by atoms with Gasteiger partial charge in [-0.05, 0) is 66.8 Å². The number of likely N-dealkylation sites (N-methyl/N-ethyl adjacent to an activating group) is 1. The lowest BCUT2D eigenvalue weighted by atomic mass is 9.49. The van der Waals surface area contributed by atoms with Crippen LogP contribution in [-0.4, -0.2) is 76.4 Å². The van der Waals surface area contributed by atoms with E-state index in [1.807, 2.05) is 35.9 Å². The number of piperazine rings is 1. The Kier molecular flexibility index (Phi) is 6.94. The van der Waals surface area contributed by atoms with E-state index in [2.05, 4.69) is 47.0 Å². The van der Waals surface area contributed by atoms with Crippen molar-refractivity contribution in [3.05, 3.63) is 76.4 Å². The number of nitrogens with zero attached hydrogens (tertiary/aromatic N) is 6. The van der Waals surface area contributed by atoms with Crippen LogP contribution in [0, 0.1) is 11.3 Å². The molecule has 2 saturated heterocycles. The lowest BCUT2D eigenvalue weighted by Crippen LogP contribution is -2.60. The van der Waals surface area contributed by atoms with Gasteiger partial charge in [0.25, 0.3) is 12.3 Å². The maximum absolute atomic E-state index is 14.5. The Labute approximate surface area is 251 Å². The topological polar surface area (TPSA) is 66.7 Å². The first-order valence-corrected chi connectivity index (χ1v) is 15.3. The smallest absolute Gasteiger partial charge is 0.264 e. The molecule has 8 nitrogen and oxygen atoms in total. The van der Waals surface area contributed by atoms with Gasteiger partial charge in [-0.2, -0.15) is 0 Å². The molecule has 0 unspecified atom stereocenters. The highest BCUT2D eigenvalue weighted by atomic mass is 19.3. The number of hydrogen-bond donors (Lipinski definition) is 0. The number of rotatable bonds is 7. The van der Waals surface area contributed by atoms with Gasteiger partial charge in [0.1, 0.15) is 12.2 Å². The van der Waals surface area contributed by atoms with Crippen LogP contribution in [-0.2, 0) is 30.3 Å². The summed E-state index contributed by atoms with van der Waals surface area (Å²) >= 11 is 0. The van der Waals surface area contributed by atoms with Crippen LogP contribution in [0.1, 0.15) is 71.6 Å². The number of aryl methyl sites for hydroxylation is 1. The van der Waals surface area contributed by atoms with E-state index in [1.54, 1.807) is 17.3 Å². The molecule has 1 spiro atoms. The molecule has 0 N–H and O–H groups in total. The van der Waals surface area contributed by atoms with E-state index in [4.69, 9.17) is 4.74 Å². The van der Waals surface area contributed by atoms with Gasteiger partial charge >= 0.3 is 0 Å². The number of ether oxygens (including phenoxy) is 1. The number of carbonyl (C=O) groups is 1. The summed E-state index contributed by atoms with van der Waals surface area (Å²) < 4.78 is 36.5. The van der Waals surface area contributed by atoms with Crippen LogP contribution in [0.25, 0.3) is 0 Å². The third-order valence-electron chi connectivity index (χ3n) is 10.3. The summed E-state index contributed by atoms with van der Waals surface area (Å²) in [6.45, 7) is 9.34. The molecule has 0 radical (unpaired) electrons. The van der Waals surface area contributed by atoms with Crippen LogP contribution < -0.4 is 4.90 Å². The van der Waals surface area contributed by atoms with Crippen molar-refractivity contribution in [2.24, 2.45) is 18.4 Å². The zero-order valence-corrected chi connectivity index (χ0v) is 25.4. The van der Waals surface area contributed by atoms with Crippen molar-refractivity contribution in [1.29, 1.82) is 0 Å². The maximum atomic E-state index is 14.5. The first kappa shape index (κ1) is 28.6. The summed E-state index contributed by atoms with van der Waals surface area (Å²) in [5.74, 6) is 1.11. The van der Waals surface area contributed by atoms with Crippen LogP contribution in [0.2, 0.25) is 0 Å². The van der Waals surface area contributed by atoms with E-state index in [9.17, 15) is 13.6 Å². The fourth-order valence-corrected chi connectivity index (χ4v) is 8.05. The van der Waals surface area contributed by atoms with Crippen molar-refractivity contribution in [1.82, 2.24) is 24.6 Å². The molecule has 3 fully saturated rings. The molecule has 228 valence electrons. The van der Waals surface area contributed by atoms with Gasteiger partial charge in [-0.1, -0.05) is 26.0 Å². The van der Waals surface area contributed by atoms with Gasteiger partial charge in [-0.15, -0.1) is 10.2 Å². The SMILES string of the molecule is CC(C)[C@H]1CN(C)CCN1Cc1cc2c(c(C(F)F)c1)CN(c1cccc(C3(c4nncn4C)CC4(COC4)C3)c1)C2=O. The second kappa shape index (κ2) is 10.5. The fraction of sp³-hybridized carbons (Fsp3) is 0.545. The van der Waals surface area contributed by atoms with E-state index >= 15 is 0 Å². The third kappa shape index (κ3) is 4.69. The number of benzene rings is 2. The summed E-state index contributed by atoms with van der Waals surface area (Å²) in [7, 11) is 4.08. The van der Waals surface area contributed by atoms with Gasteiger partial charge in [-0.25, -0.2) is 8.78 Å². The number of fused-ring (bicyclic) bond motifs is 1. The van der Waals surface area contributed by atoms with Gasteiger partial charge in [-0.3, -0.25) is 9.69 Å². The summed E-state index contributed by atoms with van der Waals surface area (Å²) in [5.41, 5.74) is 3.17. The minimum atomic E-state index is -2.66. The second-order valence-electron chi connectivity index (χ2n) is 13.7. The van der Waals surface area contributed by atoms with E-state index in [0.29, 0.717) is 35.3 Å². The Morgan fingerprint density at radius 2 is 1.88 bits per heavy atom. The Bertz CT molecular complexity index is 1540. The Balaban J connectivity index is 1.20. The number of carbonyl (C=O) groups excluding carboxylic acids is 1. The first-order valence-electron chi connectivity index (χ1n) is 15.3. The predicted octanol–water partition coefficient (Wildman–Crippen LogP) is 4.78. The van der Waals surface area contributed by atoms with Crippen molar-refractivity contribution in [2.45, 2.75) is 57.7 Å². The van der Waals surface area contributed by atoms with Gasteiger partial charge in [0.2, 0.25) is 0 Å². The summed E-state index contributed by atoms with van der Waals surface area (Å²) in [6, 6.07) is 11.8. The zero-order valence-electron chi connectivity index (χ0n) is 25.4. The molecule has 1 aliphatic carbocycles. The summed E-state index contributed by atoms with van der Waals surface area (Å²) in [4.78, 5) is 20.3. The van der Waals surface area contributed by atoms with Gasteiger partial charge in [0, 0.05) is 61.5 Å². The van der Waals surface area contributed by atoms with E-state index < -0.39 is 6.43 Å². The number of hydrogen-bond acceptors (Lipinski definition) is 6. The molecule has 3 aliphatic heterocycles. The molecule has 1 saturated carbocycles. The quantitative estimate of drug-likeness (QED) is 0.395. The number of anilines is 1. The molecule has 43 heavy (non-hydrogen) atoms. The van der Waals surface area contributed by atoms with Crippen LogP contribution in [0.4, 0.5) is 14.5 Å². The molecule has 7 rings (SSSR count). The molecule has 2 aromatic carbocycles. The molecule has 10 heteroatoms. The van der Waals surface area contributed by atoms with Crippen molar-refractivity contribution in [2.75, 3.05) is 44.8 Å². The number of halogens is 2.